The van der Waals surface area contributed by atoms with Gasteiger partial charge in [-0.2, -0.15) is 0 Å². The second-order valence-electron chi connectivity index (χ2n) is 5.06. The molecule has 0 aliphatic carbocycles. The van der Waals surface area contributed by atoms with Gasteiger partial charge in [0.05, 0.1) is 0 Å². The highest BCUT2D eigenvalue weighted by atomic mass is 16.4. The number of allylic oxidation sites excluding steroid dienone is 1. The van der Waals surface area contributed by atoms with Gasteiger partial charge in [0.25, 0.3) is 0 Å². The van der Waals surface area contributed by atoms with Crippen LogP contribution in [0.15, 0.2) is 24.9 Å². The van der Waals surface area contributed by atoms with E-state index in [9.17, 15) is 4.79 Å². The summed E-state index contributed by atoms with van der Waals surface area (Å²) in [5, 5.41) is 10.3. The number of carbonyl (C=O) groups is 1. The molecule has 4 heteroatoms. The van der Waals surface area contributed by atoms with E-state index in [1.165, 1.54) is 15.8 Å². The molecule has 0 bridgehead atoms. The number of nitrogens with one attached hydrogen (secondary N) is 1. The Morgan fingerprint density at radius 1 is 1.47 bits per heavy atom. The maximum atomic E-state index is 11.1. The van der Waals surface area contributed by atoms with Gasteiger partial charge >= 0.3 is 6.09 Å². The zero-order valence-electron chi connectivity index (χ0n) is 10.9. The minimum Gasteiger partial charge on any atom is -0.465 e. The molecule has 1 aromatic heterocycles. The van der Waals surface area contributed by atoms with Crippen molar-refractivity contribution in [1.82, 2.24) is 9.88 Å². The van der Waals surface area contributed by atoms with Gasteiger partial charge in [-0.15, -0.1) is 0 Å². The van der Waals surface area contributed by atoms with Crippen LogP contribution < -0.4 is 0 Å². The zero-order chi connectivity index (χ0) is 13.6. The molecule has 1 aromatic carbocycles. The van der Waals surface area contributed by atoms with Crippen LogP contribution in [0.3, 0.4) is 0 Å². The first kappa shape index (κ1) is 11.8. The topological polar surface area (TPSA) is 56.3 Å². The molecule has 0 radical (unpaired) electrons. The molecule has 0 spiro atoms. The Morgan fingerprint density at radius 3 is 2.95 bits per heavy atom. The summed E-state index contributed by atoms with van der Waals surface area (Å²) in [5.41, 5.74) is 5.62. The van der Waals surface area contributed by atoms with Crippen molar-refractivity contribution in [3.63, 3.8) is 0 Å². The molecule has 98 valence electrons. The van der Waals surface area contributed by atoms with Crippen molar-refractivity contribution in [3.05, 3.63) is 41.6 Å². The Hall–Kier alpha value is -2.23. The monoisotopic (exact) mass is 256 g/mol. The number of benzene rings is 1. The molecule has 0 saturated heterocycles. The lowest BCUT2D eigenvalue weighted by Crippen LogP contribution is -2.34. The predicted molar refractivity (Wildman–Crippen MR) is 75.1 cm³/mol. The van der Waals surface area contributed by atoms with E-state index >= 15 is 0 Å². The fourth-order valence-corrected chi connectivity index (χ4v) is 2.81. The average molecular weight is 256 g/mol. The maximum absolute atomic E-state index is 11.1. The van der Waals surface area contributed by atoms with Gasteiger partial charge in [-0.05, 0) is 36.1 Å². The van der Waals surface area contributed by atoms with Crippen LogP contribution in [0.1, 0.15) is 23.6 Å². The molecule has 0 unspecified atom stereocenters. The second kappa shape index (κ2) is 4.16. The number of aromatic amines is 1. The van der Waals surface area contributed by atoms with Gasteiger partial charge in [0.2, 0.25) is 0 Å². The van der Waals surface area contributed by atoms with Gasteiger partial charge in [0, 0.05) is 35.8 Å². The Balaban J connectivity index is 2.16. The van der Waals surface area contributed by atoms with Crippen LogP contribution in [0.4, 0.5) is 4.79 Å². The van der Waals surface area contributed by atoms with Crippen molar-refractivity contribution in [2.45, 2.75) is 19.9 Å². The fraction of sp³-hybridized carbons (Fsp3) is 0.267. The zero-order valence-corrected chi connectivity index (χ0v) is 10.9. The van der Waals surface area contributed by atoms with Crippen LogP contribution in [-0.4, -0.2) is 27.6 Å². The van der Waals surface area contributed by atoms with Crippen molar-refractivity contribution in [2.75, 3.05) is 6.54 Å². The quantitative estimate of drug-likeness (QED) is 0.823. The van der Waals surface area contributed by atoms with Gasteiger partial charge in [0.1, 0.15) is 0 Å². The van der Waals surface area contributed by atoms with E-state index in [0.29, 0.717) is 13.1 Å². The average Bonchev–Trinajstić information content (AvgIpc) is 2.82. The summed E-state index contributed by atoms with van der Waals surface area (Å²) in [7, 11) is 0. The number of carboxylic acid groups (broad SMARTS) is 1. The minimum atomic E-state index is -0.847. The molecule has 4 nitrogen and oxygen atoms in total. The lowest BCUT2D eigenvalue weighted by molar-refractivity contribution is 0.140. The lowest BCUT2D eigenvalue weighted by Gasteiger charge is -2.27. The second-order valence-corrected chi connectivity index (χ2v) is 5.06. The number of hydrogen-bond donors (Lipinski definition) is 2. The van der Waals surface area contributed by atoms with Crippen LogP contribution >= 0.6 is 0 Å². The summed E-state index contributed by atoms with van der Waals surface area (Å²) in [4.78, 5) is 15.8. The lowest BCUT2D eigenvalue weighted by atomic mass is 9.93. The van der Waals surface area contributed by atoms with E-state index in [2.05, 4.69) is 11.6 Å². The molecule has 3 rings (SSSR count). The molecular formula is C15H16N2O2. The Bertz CT molecular complexity index is 685. The number of aromatic nitrogens is 1. The Kier molecular flexibility index (Phi) is 2.59. The van der Waals surface area contributed by atoms with Crippen LogP contribution in [0.2, 0.25) is 0 Å². The summed E-state index contributed by atoms with van der Waals surface area (Å²) in [6.07, 6.45) is 1.90. The number of fused-ring (bicyclic) bond motifs is 3. The molecule has 2 N–H and O–H groups in total. The smallest absolute Gasteiger partial charge is 0.407 e. The highest BCUT2D eigenvalue weighted by molar-refractivity contribution is 5.95. The summed E-state index contributed by atoms with van der Waals surface area (Å²) < 4.78 is 0. The molecule has 19 heavy (non-hydrogen) atoms. The van der Waals surface area contributed by atoms with Crippen LogP contribution in [0.5, 0.6) is 0 Å². The first-order valence-corrected chi connectivity index (χ1v) is 6.33. The number of rotatable bonds is 1. The third-order valence-corrected chi connectivity index (χ3v) is 3.77. The maximum Gasteiger partial charge on any atom is 0.407 e. The molecule has 0 atom stereocenters. The van der Waals surface area contributed by atoms with Crippen molar-refractivity contribution < 1.29 is 9.90 Å². The van der Waals surface area contributed by atoms with E-state index in [-0.39, 0.29) is 0 Å². The van der Waals surface area contributed by atoms with E-state index in [1.54, 1.807) is 0 Å². The first-order chi connectivity index (χ1) is 9.08. The van der Waals surface area contributed by atoms with Crippen LogP contribution in [0.25, 0.3) is 16.5 Å². The molecule has 1 aliphatic rings. The van der Waals surface area contributed by atoms with Crippen molar-refractivity contribution in [1.29, 1.82) is 0 Å². The summed E-state index contributed by atoms with van der Waals surface area (Å²) >= 11 is 0. The first-order valence-electron chi connectivity index (χ1n) is 6.33. The number of amides is 1. The van der Waals surface area contributed by atoms with Gasteiger partial charge in [0.15, 0.2) is 0 Å². The SMILES string of the molecule is C=C(C)c1c[nH]c2ccc3c(c12)CCN(C(=O)O)C3. The molecule has 0 saturated carbocycles. The molecule has 1 aliphatic heterocycles. The highest BCUT2D eigenvalue weighted by Gasteiger charge is 2.22. The number of H-pyrrole nitrogens is 1. The normalized spacial score (nSPS) is 14.5. The van der Waals surface area contributed by atoms with E-state index in [0.717, 1.165) is 28.6 Å². The highest BCUT2D eigenvalue weighted by Crippen LogP contribution is 2.32. The molecule has 0 fully saturated rings. The van der Waals surface area contributed by atoms with Crippen LogP contribution in [-0.2, 0) is 13.0 Å². The van der Waals surface area contributed by atoms with Gasteiger partial charge < -0.3 is 15.0 Å². The van der Waals surface area contributed by atoms with E-state index in [4.69, 9.17) is 5.11 Å². The third-order valence-electron chi connectivity index (χ3n) is 3.77. The Morgan fingerprint density at radius 2 is 2.26 bits per heavy atom. The standard InChI is InChI=1S/C15H16N2O2/c1-9(2)12-7-16-13-4-3-10-8-17(15(18)19)6-5-11(10)14(12)13/h3-4,7,16H,1,5-6,8H2,2H3,(H,18,19). The third kappa shape index (κ3) is 1.80. The van der Waals surface area contributed by atoms with Gasteiger partial charge in [-0.3, -0.25) is 0 Å². The molecule has 2 aromatic rings. The number of hydrogen-bond acceptors (Lipinski definition) is 1. The van der Waals surface area contributed by atoms with Gasteiger partial charge in [-0.25, -0.2) is 4.79 Å². The van der Waals surface area contributed by atoms with E-state index < -0.39 is 6.09 Å². The van der Waals surface area contributed by atoms with Crippen LogP contribution in [0, 0.1) is 0 Å². The summed E-state index contributed by atoms with van der Waals surface area (Å²) in [6, 6.07) is 4.04. The van der Waals surface area contributed by atoms with Gasteiger partial charge in [-0.1, -0.05) is 12.6 Å². The van der Waals surface area contributed by atoms with Crippen molar-refractivity contribution >= 4 is 22.6 Å². The molecule has 1 amide bonds. The predicted octanol–water partition coefficient (Wildman–Crippen LogP) is 3.24. The Labute approximate surface area is 111 Å². The minimum absolute atomic E-state index is 0.474. The summed E-state index contributed by atoms with van der Waals surface area (Å²) in [6.45, 7) is 7.04. The molecular weight excluding hydrogens is 240 g/mol. The molecule has 2 heterocycles. The fourth-order valence-electron chi connectivity index (χ4n) is 2.81. The largest absolute Gasteiger partial charge is 0.465 e. The van der Waals surface area contributed by atoms with Crippen molar-refractivity contribution in [3.8, 4) is 0 Å². The summed E-state index contributed by atoms with van der Waals surface area (Å²) in [5.74, 6) is 0. The van der Waals surface area contributed by atoms with E-state index in [1.807, 2.05) is 25.3 Å². The number of nitrogens with zero attached hydrogens (tertiary/aromatic N) is 1. The van der Waals surface area contributed by atoms with Crippen molar-refractivity contribution in [2.24, 2.45) is 0 Å².